The van der Waals surface area contributed by atoms with Crippen molar-refractivity contribution in [1.29, 1.82) is 0 Å². The van der Waals surface area contributed by atoms with Crippen LogP contribution in [0.5, 0.6) is 0 Å². The molecule has 0 bridgehead atoms. The van der Waals surface area contributed by atoms with Gasteiger partial charge in [0.1, 0.15) is 0 Å². The van der Waals surface area contributed by atoms with Crippen LogP contribution in [0, 0.1) is 0 Å². The Morgan fingerprint density at radius 1 is 1.28 bits per heavy atom. The van der Waals surface area contributed by atoms with Crippen LogP contribution in [0.15, 0.2) is 30.3 Å². The van der Waals surface area contributed by atoms with Crippen molar-refractivity contribution < 1.29 is 13.9 Å². The summed E-state index contributed by atoms with van der Waals surface area (Å²) in [7, 11) is 0. The lowest BCUT2D eigenvalue weighted by atomic mass is 10.0. The van der Waals surface area contributed by atoms with Crippen molar-refractivity contribution in [2.24, 2.45) is 0 Å². The fourth-order valence-electron chi connectivity index (χ4n) is 2.65. The minimum atomic E-state index is -2.29. The molecule has 1 N–H and O–H groups in total. The highest BCUT2D eigenvalue weighted by atomic mass is 19.3. The smallest absolute Gasteiger partial charge is 0.251 e. The molecule has 2 rings (SSSR count). The summed E-state index contributed by atoms with van der Waals surface area (Å²) in [5, 5.41) is 10.1. The van der Waals surface area contributed by atoms with Crippen LogP contribution < -0.4 is 0 Å². The number of aliphatic hydroxyl groups is 1. The summed E-state index contributed by atoms with van der Waals surface area (Å²) in [6, 6.07) is 9.48. The van der Waals surface area contributed by atoms with Crippen molar-refractivity contribution in [3.63, 3.8) is 0 Å². The van der Waals surface area contributed by atoms with Crippen LogP contribution in [0.4, 0.5) is 8.78 Å². The summed E-state index contributed by atoms with van der Waals surface area (Å²) in [4.78, 5) is 1.80. The van der Waals surface area contributed by atoms with Crippen LogP contribution in [-0.4, -0.2) is 35.6 Å². The maximum absolute atomic E-state index is 12.4. The van der Waals surface area contributed by atoms with Gasteiger partial charge in [0.05, 0.1) is 12.6 Å². The number of likely N-dealkylation sites (tertiary alicyclic amines) is 1. The summed E-state index contributed by atoms with van der Waals surface area (Å²) >= 11 is 0. The van der Waals surface area contributed by atoms with E-state index in [0.717, 1.165) is 24.9 Å². The lowest BCUT2D eigenvalue weighted by molar-refractivity contribution is 0.0626. The topological polar surface area (TPSA) is 23.5 Å². The van der Waals surface area contributed by atoms with Crippen molar-refractivity contribution in [1.82, 2.24) is 4.90 Å². The molecule has 0 spiro atoms. The number of hydrogen-bond donors (Lipinski definition) is 1. The second-order valence-corrected chi connectivity index (χ2v) is 4.84. The van der Waals surface area contributed by atoms with Gasteiger partial charge >= 0.3 is 0 Å². The predicted octanol–water partition coefficient (Wildman–Crippen LogP) is 2.84. The third kappa shape index (κ3) is 3.50. The number of rotatable bonds is 5. The average Bonchev–Trinajstić information content (AvgIpc) is 2.77. The Labute approximate surface area is 106 Å². The summed E-state index contributed by atoms with van der Waals surface area (Å²) in [5.41, 5.74) is 0.862. The Hall–Kier alpha value is -1.00. The van der Waals surface area contributed by atoms with Gasteiger partial charge in [-0.2, -0.15) is 0 Å². The Bertz CT molecular complexity index is 358. The molecule has 0 radical (unpaired) electrons. The molecule has 2 atom stereocenters. The van der Waals surface area contributed by atoms with Crippen molar-refractivity contribution in [3.8, 4) is 0 Å². The molecule has 2 nitrogen and oxygen atoms in total. The van der Waals surface area contributed by atoms with E-state index in [1.54, 1.807) is 4.90 Å². The summed E-state index contributed by atoms with van der Waals surface area (Å²) in [5.74, 6) is 0. The van der Waals surface area contributed by atoms with Gasteiger partial charge in [-0.25, -0.2) is 8.78 Å². The Kier molecular flexibility index (Phi) is 4.66. The molecule has 4 heteroatoms. The average molecular weight is 255 g/mol. The monoisotopic (exact) mass is 255 g/mol. The van der Waals surface area contributed by atoms with Gasteiger partial charge < -0.3 is 5.11 Å². The fourth-order valence-corrected chi connectivity index (χ4v) is 2.65. The van der Waals surface area contributed by atoms with E-state index >= 15 is 0 Å². The Balaban J connectivity index is 1.92. The summed E-state index contributed by atoms with van der Waals surface area (Å²) in [6.45, 7) is 0.544. The highest BCUT2D eigenvalue weighted by Crippen LogP contribution is 2.27. The SMILES string of the molecule is O[C@@H](C[C@H]1CCCN1CC(F)F)c1ccccc1. The normalized spacial score (nSPS) is 22.6. The fraction of sp³-hybridized carbons (Fsp3) is 0.571. The number of alkyl halides is 2. The number of nitrogens with zero attached hydrogens (tertiary/aromatic N) is 1. The zero-order valence-corrected chi connectivity index (χ0v) is 10.3. The summed E-state index contributed by atoms with van der Waals surface area (Å²) < 4.78 is 24.8. The molecule has 1 aliphatic heterocycles. The molecule has 0 aliphatic carbocycles. The first-order valence-electron chi connectivity index (χ1n) is 6.42. The van der Waals surface area contributed by atoms with E-state index in [2.05, 4.69) is 0 Å². The molecule has 18 heavy (non-hydrogen) atoms. The van der Waals surface area contributed by atoms with Crippen LogP contribution in [0.25, 0.3) is 0 Å². The van der Waals surface area contributed by atoms with Crippen molar-refractivity contribution in [2.75, 3.05) is 13.1 Å². The molecule has 1 saturated heterocycles. The first-order valence-corrected chi connectivity index (χ1v) is 6.42. The van der Waals surface area contributed by atoms with E-state index in [1.165, 1.54) is 0 Å². The zero-order chi connectivity index (χ0) is 13.0. The first-order chi connectivity index (χ1) is 8.66. The van der Waals surface area contributed by atoms with Gasteiger partial charge in [0, 0.05) is 6.04 Å². The number of benzene rings is 1. The highest BCUT2D eigenvalue weighted by molar-refractivity contribution is 5.17. The molecule has 1 aliphatic rings. The third-order valence-corrected chi connectivity index (χ3v) is 3.55. The van der Waals surface area contributed by atoms with E-state index in [-0.39, 0.29) is 12.6 Å². The molecule has 1 heterocycles. The van der Waals surface area contributed by atoms with Crippen LogP contribution in [-0.2, 0) is 0 Å². The molecule has 100 valence electrons. The van der Waals surface area contributed by atoms with Gasteiger partial charge in [0.25, 0.3) is 6.43 Å². The van der Waals surface area contributed by atoms with Gasteiger partial charge in [0.2, 0.25) is 0 Å². The number of halogens is 2. The van der Waals surface area contributed by atoms with Crippen LogP contribution in [0.2, 0.25) is 0 Å². The van der Waals surface area contributed by atoms with Gasteiger partial charge in [-0.05, 0) is 31.4 Å². The molecule has 0 saturated carbocycles. The van der Waals surface area contributed by atoms with Crippen LogP contribution in [0.1, 0.15) is 30.9 Å². The van der Waals surface area contributed by atoms with Crippen molar-refractivity contribution >= 4 is 0 Å². The molecule has 0 unspecified atom stereocenters. The molecular formula is C14H19F2NO. The summed E-state index contributed by atoms with van der Waals surface area (Å²) in [6.07, 6.45) is -0.472. The molecule has 0 amide bonds. The lowest BCUT2D eigenvalue weighted by Gasteiger charge is -2.26. The second-order valence-electron chi connectivity index (χ2n) is 4.84. The van der Waals surface area contributed by atoms with E-state index < -0.39 is 12.5 Å². The standard InChI is InChI=1S/C14H19F2NO/c15-14(16)10-17-8-4-7-12(17)9-13(18)11-5-2-1-3-6-11/h1-3,5-6,12-14,18H,4,7-10H2/t12-,13+/m1/s1. The Morgan fingerprint density at radius 2 is 2.00 bits per heavy atom. The van der Waals surface area contributed by atoms with Crippen LogP contribution in [0.3, 0.4) is 0 Å². The van der Waals surface area contributed by atoms with E-state index in [1.807, 2.05) is 30.3 Å². The molecule has 1 aromatic rings. The first kappa shape index (κ1) is 13.4. The number of aliphatic hydroxyl groups excluding tert-OH is 1. The minimum absolute atomic E-state index is 0.0780. The van der Waals surface area contributed by atoms with Gasteiger partial charge in [0.15, 0.2) is 0 Å². The number of hydrogen-bond acceptors (Lipinski definition) is 2. The highest BCUT2D eigenvalue weighted by Gasteiger charge is 2.28. The molecule has 1 aromatic carbocycles. The second kappa shape index (κ2) is 6.25. The largest absolute Gasteiger partial charge is 0.388 e. The molecular weight excluding hydrogens is 236 g/mol. The van der Waals surface area contributed by atoms with Gasteiger partial charge in [-0.1, -0.05) is 30.3 Å². The molecule has 1 fully saturated rings. The van der Waals surface area contributed by atoms with E-state index in [0.29, 0.717) is 6.42 Å². The predicted molar refractivity (Wildman–Crippen MR) is 66.6 cm³/mol. The van der Waals surface area contributed by atoms with E-state index in [4.69, 9.17) is 0 Å². The molecule has 0 aromatic heterocycles. The van der Waals surface area contributed by atoms with Crippen molar-refractivity contribution in [3.05, 3.63) is 35.9 Å². The van der Waals surface area contributed by atoms with Crippen LogP contribution >= 0.6 is 0 Å². The lowest BCUT2D eigenvalue weighted by Crippen LogP contribution is -2.34. The Morgan fingerprint density at radius 3 is 2.67 bits per heavy atom. The minimum Gasteiger partial charge on any atom is -0.388 e. The van der Waals surface area contributed by atoms with Crippen molar-refractivity contribution in [2.45, 2.75) is 37.8 Å². The van der Waals surface area contributed by atoms with Gasteiger partial charge in [-0.15, -0.1) is 0 Å². The van der Waals surface area contributed by atoms with Gasteiger partial charge in [-0.3, -0.25) is 4.90 Å². The maximum atomic E-state index is 12.4. The third-order valence-electron chi connectivity index (χ3n) is 3.55. The quantitative estimate of drug-likeness (QED) is 0.874. The maximum Gasteiger partial charge on any atom is 0.251 e. The van der Waals surface area contributed by atoms with E-state index in [9.17, 15) is 13.9 Å². The zero-order valence-electron chi connectivity index (χ0n) is 10.3.